The molecule has 0 aromatic heterocycles. The Kier molecular flexibility index (Phi) is 4.29. The van der Waals surface area contributed by atoms with E-state index < -0.39 is 17.6 Å². The summed E-state index contributed by atoms with van der Waals surface area (Å²) in [5.41, 5.74) is 1.09. The summed E-state index contributed by atoms with van der Waals surface area (Å²) in [6, 6.07) is 16.2. The van der Waals surface area contributed by atoms with Gasteiger partial charge in [0.05, 0.1) is 27.4 Å². The second kappa shape index (κ2) is 7.00. The molecule has 6 nitrogen and oxygen atoms in total. The lowest BCUT2D eigenvalue weighted by Crippen LogP contribution is -2.31. The lowest BCUT2D eigenvalue weighted by molar-refractivity contribution is 0.0926. The van der Waals surface area contributed by atoms with Gasteiger partial charge >= 0.3 is 0 Å². The highest BCUT2D eigenvalue weighted by atomic mass is 35.5. The second-order valence-electron chi connectivity index (χ2n) is 6.81. The van der Waals surface area contributed by atoms with Crippen LogP contribution in [-0.2, 0) is 0 Å². The highest BCUT2D eigenvalue weighted by Crippen LogP contribution is 2.41. The maximum atomic E-state index is 13.4. The molecule has 0 radical (unpaired) electrons. The molecule has 0 N–H and O–H groups in total. The van der Waals surface area contributed by atoms with Gasteiger partial charge in [-0.15, -0.1) is 0 Å². The number of hydrogen-bond donors (Lipinski definition) is 0. The van der Waals surface area contributed by atoms with Crippen LogP contribution in [0.5, 0.6) is 11.5 Å². The van der Waals surface area contributed by atoms with Gasteiger partial charge in [-0.3, -0.25) is 14.4 Å². The van der Waals surface area contributed by atoms with E-state index in [1.165, 1.54) is 12.1 Å². The monoisotopic (exact) mass is 419 g/mol. The molecular formula is C23H14ClNO5. The largest absolute Gasteiger partial charge is 0.486 e. The van der Waals surface area contributed by atoms with E-state index in [2.05, 4.69) is 0 Å². The van der Waals surface area contributed by atoms with Crippen LogP contribution >= 0.6 is 11.6 Å². The van der Waals surface area contributed by atoms with Crippen LogP contribution in [0.25, 0.3) is 0 Å². The molecule has 2 amide bonds. The van der Waals surface area contributed by atoms with Gasteiger partial charge in [0, 0.05) is 11.6 Å². The Morgan fingerprint density at radius 1 is 0.800 bits per heavy atom. The van der Waals surface area contributed by atoms with E-state index in [0.29, 0.717) is 24.7 Å². The van der Waals surface area contributed by atoms with Crippen LogP contribution in [-0.4, -0.2) is 30.8 Å². The van der Waals surface area contributed by atoms with Crippen molar-refractivity contribution in [2.75, 3.05) is 18.1 Å². The summed E-state index contributed by atoms with van der Waals surface area (Å²) < 4.78 is 11.2. The van der Waals surface area contributed by atoms with Gasteiger partial charge in [0.2, 0.25) is 0 Å². The van der Waals surface area contributed by atoms with Crippen LogP contribution in [0.2, 0.25) is 5.02 Å². The van der Waals surface area contributed by atoms with E-state index in [4.69, 9.17) is 21.1 Å². The molecule has 7 heteroatoms. The molecule has 0 saturated carbocycles. The molecule has 2 aliphatic heterocycles. The third-order valence-electron chi connectivity index (χ3n) is 5.06. The summed E-state index contributed by atoms with van der Waals surface area (Å²) in [5.74, 6) is -0.689. The van der Waals surface area contributed by atoms with Gasteiger partial charge < -0.3 is 9.47 Å². The summed E-state index contributed by atoms with van der Waals surface area (Å²) in [6.45, 7) is 0.658. The molecule has 0 unspecified atom stereocenters. The number of amides is 2. The van der Waals surface area contributed by atoms with Crippen molar-refractivity contribution in [3.8, 4) is 11.5 Å². The van der Waals surface area contributed by atoms with Crippen LogP contribution in [0.4, 0.5) is 5.69 Å². The predicted molar refractivity (Wildman–Crippen MR) is 110 cm³/mol. The van der Waals surface area contributed by atoms with E-state index >= 15 is 0 Å². The summed E-state index contributed by atoms with van der Waals surface area (Å²) in [4.78, 5) is 40.5. The molecule has 148 valence electrons. The molecule has 30 heavy (non-hydrogen) atoms. The molecule has 2 heterocycles. The van der Waals surface area contributed by atoms with Crippen molar-refractivity contribution in [1.29, 1.82) is 0 Å². The zero-order chi connectivity index (χ0) is 20.8. The number of imide groups is 1. The normalized spacial score (nSPS) is 14.6. The van der Waals surface area contributed by atoms with Crippen LogP contribution in [0.1, 0.15) is 36.6 Å². The number of carbonyl (C=O) groups is 3. The van der Waals surface area contributed by atoms with Crippen molar-refractivity contribution < 1.29 is 23.9 Å². The standard InChI is InChI=1S/C23H14ClNO5/c24-17-8-4-3-7-15(17)21(26)16-11-19-20(30-10-9-29-19)12-18(16)25-22(27)13-5-1-2-6-14(13)23(25)28/h1-8,11-12H,9-10H2. The fourth-order valence-electron chi connectivity index (χ4n) is 3.64. The number of ether oxygens (including phenoxy) is 2. The van der Waals surface area contributed by atoms with Crippen molar-refractivity contribution in [3.05, 3.63) is 87.9 Å². The lowest BCUT2D eigenvalue weighted by atomic mass is 9.99. The van der Waals surface area contributed by atoms with Crippen molar-refractivity contribution in [1.82, 2.24) is 0 Å². The minimum Gasteiger partial charge on any atom is -0.486 e. The lowest BCUT2D eigenvalue weighted by Gasteiger charge is -2.24. The van der Waals surface area contributed by atoms with Crippen LogP contribution in [0, 0.1) is 0 Å². The molecule has 0 atom stereocenters. The molecule has 2 aliphatic rings. The number of fused-ring (bicyclic) bond motifs is 2. The highest BCUT2D eigenvalue weighted by molar-refractivity contribution is 6.37. The molecule has 0 saturated heterocycles. The molecule has 5 rings (SSSR count). The first kappa shape index (κ1) is 18.4. The Bertz CT molecular complexity index is 1200. The van der Waals surface area contributed by atoms with Gasteiger partial charge in [-0.1, -0.05) is 35.9 Å². The van der Waals surface area contributed by atoms with Crippen LogP contribution in [0.3, 0.4) is 0 Å². The number of ketones is 1. The van der Waals surface area contributed by atoms with E-state index in [0.717, 1.165) is 4.90 Å². The Hall–Kier alpha value is -3.64. The van der Waals surface area contributed by atoms with Crippen molar-refractivity contribution in [2.45, 2.75) is 0 Å². The first-order chi connectivity index (χ1) is 14.6. The number of carbonyl (C=O) groups excluding carboxylic acids is 3. The molecule has 3 aromatic carbocycles. The smallest absolute Gasteiger partial charge is 0.266 e. The van der Waals surface area contributed by atoms with Crippen LogP contribution < -0.4 is 14.4 Å². The summed E-state index contributed by atoms with van der Waals surface area (Å²) in [6.07, 6.45) is 0. The summed E-state index contributed by atoms with van der Waals surface area (Å²) in [7, 11) is 0. The average Bonchev–Trinajstić information content (AvgIpc) is 3.03. The number of anilines is 1. The van der Waals surface area contributed by atoms with E-state index in [9.17, 15) is 14.4 Å². The third-order valence-corrected chi connectivity index (χ3v) is 5.39. The van der Waals surface area contributed by atoms with E-state index in [1.807, 2.05) is 0 Å². The first-order valence-electron chi connectivity index (χ1n) is 9.27. The summed E-state index contributed by atoms with van der Waals surface area (Å²) in [5, 5.41) is 0.269. The van der Waals surface area contributed by atoms with Crippen molar-refractivity contribution in [3.63, 3.8) is 0 Å². The fraction of sp³-hybridized carbons (Fsp3) is 0.0870. The van der Waals surface area contributed by atoms with E-state index in [1.54, 1.807) is 48.5 Å². The number of halogens is 1. The molecule has 0 bridgehead atoms. The Labute approximate surface area is 176 Å². The highest BCUT2D eigenvalue weighted by Gasteiger charge is 2.39. The van der Waals surface area contributed by atoms with Crippen molar-refractivity contribution in [2.24, 2.45) is 0 Å². The average molecular weight is 420 g/mol. The minimum atomic E-state index is -0.500. The number of benzene rings is 3. The van der Waals surface area contributed by atoms with Gasteiger partial charge in [-0.05, 0) is 30.3 Å². The molecule has 3 aromatic rings. The fourth-order valence-corrected chi connectivity index (χ4v) is 3.86. The maximum Gasteiger partial charge on any atom is 0.266 e. The summed E-state index contributed by atoms with van der Waals surface area (Å²) >= 11 is 6.23. The zero-order valence-corrected chi connectivity index (χ0v) is 16.3. The van der Waals surface area contributed by atoms with Gasteiger partial charge in [0.1, 0.15) is 13.2 Å². The number of rotatable bonds is 3. The van der Waals surface area contributed by atoms with Gasteiger partial charge in [-0.2, -0.15) is 0 Å². The first-order valence-corrected chi connectivity index (χ1v) is 9.65. The topological polar surface area (TPSA) is 72.9 Å². The Balaban J connectivity index is 1.70. The minimum absolute atomic E-state index is 0.127. The maximum absolute atomic E-state index is 13.4. The quantitative estimate of drug-likeness (QED) is 0.471. The van der Waals surface area contributed by atoms with Crippen molar-refractivity contribution >= 4 is 34.9 Å². The van der Waals surface area contributed by atoms with E-state index in [-0.39, 0.29) is 33.0 Å². The predicted octanol–water partition coefficient (Wildman–Crippen LogP) is 4.14. The molecule has 0 spiro atoms. The Morgan fingerprint density at radius 2 is 1.37 bits per heavy atom. The molecule has 0 aliphatic carbocycles. The Morgan fingerprint density at radius 3 is 2.00 bits per heavy atom. The zero-order valence-electron chi connectivity index (χ0n) is 15.6. The van der Waals surface area contributed by atoms with Crippen LogP contribution in [0.15, 0.2) is 60.7 Å². The number of hydrogen-bond acceptors (Lipinski definition) is 5. The SMILES string of the molecule is O=C(c1ccccc1Cl)c1cc2c(cc1N1C(=O)c3ccccc3C1=O)OCCO2. The van der Waals surface area contributed by atoms with Gasteiger partial charge in [0.15, 0.2) is 17.3 Å². The van der Waals surface area contributed by atoms with Gasteiger partial charge in [0.25, 0.3) is 11.8 Å². The second-order valence-corrected chi connectivity index (χ2v) is 7.22. The molecule has 0 fully saturated rings. The van der Waals surface area contributed by atoms with Gasteiger partial charge in [-0.25, -0.2) is 4.90 Å². The number of nitrogens with zero attached hydrogens (tertiary/aromatic N) is 1. The third kappa shape index (κ3) is 2.76. The molecular weight excluding hydrogens is 406 g/mol.